The summed E-state index contributed by atoms with van der Waals surface area (Å²) in [5.74, 6) is -0.325. The number of nitrogens with one attached hydrogen (secondary N) is 3. The first-order valence-corrected chi connectivity index (χ1v) is 14.0. The van der Waals surface area contributed by atoms with Crippen LogP contribution in [-0.4, -0.2) is 55.6 Å². The summed E-state index contributed by atoms with van der Waals surface area (Å²) in [5.41, 5.74) is 11.2. The van der Waals surface area contributed by atoms with E-state index in [9.17, 15) is 14.4 Å². The summed E-state index contributed by atoms with van der Waals surface area (Å²) < 4.78 is 0. The molecule has 3 atom stereocenters. The minimum Gasteiger partial charge on any atom is -0.370 e. The average molecular weight is 471 g/mol. The van der Waals surface area contributed by atoms with E-state index in [0.717, 1.165) is 6.42 Å². The van der Waals surface area contributed by atoms with E-state index in [4.69, 9.17) is 11.5 Å². The molecule has 0 aromatic heterocycles. The van der Waals surface area contributed by atoms with Crippen LogP contribution in [0.25, 0.3) is 0 Å². The van der Waals surface area contributed by atoms with Gasteiger partial charge in [-0.15, -0.1) is 0 Å². The molecule has 1 rings (SSSR count). The number of nitrogens with zero attached hydrogens (tertiary/aromatic N) is 1. The van der Waals surface area contributed by atoms with Crippen LogP contribution in [-0.2, 0) is 14.4 Å². The van der Waals surface area contributed by atoms with Gasteiger partial charge < -0.3 is 27.2 Å². The Morgan fingerprint density at radius 3 is 2.22 bits per heavy atom. The molecule has 3 amide bonds. The van der Waals surface area contributed by atoms with Crippen molar-refractivity contribution >= 4 is 31.8 Å². The maximum Gasteiger partial charge on any atom is 0.243 e. The summed E-state index contributed by atoms with van der Waals surface area (Å²) in [4.78, 5) is 41.5. The van der Waals surface area contributed by atoms with Crippen molar-refractivity contribution in [1.29, 1.82) is 0 Å². The second kappa shape index (κ2) is 15.0. The first-order chi connectivity index (χ1) is 15.1. The fraction of sp³-hybridized carbons (Fsp3) is 0.818. The van der Waals surface area contributed by atoms with E-state index in [0.29, 0.717) is 37.7 Å². The molecule has 0 aromatic carbocycles. The number of hydrogen-bond donors (Lipinski definition) is 5. The van der Waals surface area contributed by atoms with E-state index < -0.39 is 32.0 Å². The Kier molecular flexibility index (Phi) is 13.2. The smallest absolute Gasteiger partial charge is 0.243 e. The number of hydrogen-bond acceptors (Lipinski definition) is 4. The minimum absolute atomic E-state index is 0.130. The summed E-state index contributed by atoms with van der Waals surface area (Å²) in [6.07, 6.45) is 8.26. The number of guanidine groups is 1. The Morgan fingerprint density at radius 2 is 1.66 bits per heavy atom. The number of carbonyl (C=O) groups excluding carboxylic acids is 3. The maximum atomic E-state index is 12.8. The number of amides is 3. The quantitative estimate of drug-likeness (QED) is 0.120. The Bertz CT molecular complexity index is 637. The summed E-state index contributed by atoms with van der Waals surface area (Å²) >= 11 is 0. The van der Waals surface area contributed by atoms with E-state index in [2.05, 4.69) is 20.7 Å². The highest BCUT2D eigenvalue weighted by Crippen LogP contribution is 2.29. The zero-order valence-electron chi connectivity index (χ0n) is 20.2. The summed E-state index contributed by atoms with van der Waals surface area (Å²) in [7, 11) is -0.399. The van der Waals surface area contributed by atoms with Crippen LogP contribution in [0.1, 0.15) is 71.6 Å². The van der Waals surface area contributed by atoms with E-state index in [1.807, 2.05) is 20.3 Å². The van der Waals surface area contributed by atoms with Crippen molar-refractivity contribution in [3.05, 3.63) is 0 Å². The summed E-state index contributed by atoms with van der Waals surface area (Å²) in [6.45, 7) is 8.19. The van der Waals surface area contributed by atoms with Crippen molar-refractivity contribution in [2.24, 2.45) is 28.3 Å². The third kappa shape index (κ3) is 11.1. The lowest BCUT2D eigenvalue weighted by atomic mass is 9.83. The van der Waals surface area contributed by atoms with Crippen LogP contribution >= 0.6 is 8.07 Å². The largest absolute Gasteiger partial charge is 0.370 e. The number of aliphatic imine (C=N–C) groups is 1. The van der Waals surface area contributed by atoms with Crippen LogP contribution in [0.5, 0.6) is 0 Å². The molecule has 9 nitrogen and oxygen atoms in total. The minimum atomic E-state index is -0.757. The van der Waals surface area contributed by atoms with E-state index in [-0.39, 0.29) is 11.8 Å². The Balaban J connectivity index is 2.71. The normalized spacial score (nSPS) is 18.0. The van der Waals surface area contributed by atoms with Gasteiger partial charge in [0, 0.05) is 12.5 Å². The number of nitrogens with two attached hydrogens (primary N) is 2. The van der Waals surface area contributed by atoms with Crippen LogP contribution in [0.2, 0.25) is 0 Å². The Hall–Kier alpha value is -1.89. The lowest BCUT2D eigenvalue weighted by Gasteiger charge is -2.26. The standard InChI is InChI=1S/C22H43N6O3P/c1-5-17(19(23)29)26-21(31)18(12-9-13-25-22(24)28-32(3)4)27-20(30)15(2)14-16-10-7-6-8-11-16/h15-18H,5-14H2,1-4H3,(H2,23,29)(H,26,31)(H,27,30)(H3,24,25,28). The van der Waals surface area contributed by atoms with Gasteiger partial charge in [-0.2, -0.15) is 0 Å². The molecule has 1 aliphatic rings. The fourth-order valence-electron chi connectivity index (χ4n) is 4.02. The lowest BCUT2D eigenvalue weighted by molar-refractivity contribution is -0.133. The van der Waals surface area contributed by atoms with Crippen LogP contribution in [0, 0.1) is 11.8 Å². The van der Waals surface area contributed by atoms with Gasteiger partial charge in [0.15, 0.2) is 5.96 Å². The van der Waals surface area contributed by atoms with Crippen molar-refractivity contribution in [2.75, 3.05) is 19.9 Å². The zero-order valence-corrected chi connectivity index (χ0v) is 21.0. The van der Waals surface area contributed by atoms with Gasteiger partial charge in [0.2, 0.25) is 17.7 Å². The highest BCUT2D eigenvalue weighted by Gasteiger charge is 2.27. The van der Waals surface area contributed by atoms with Gasteiger partial charge in [-0.3, -0.25) is 19.4 Å². The molecule has 1 fully saturated rings. The van der Waals surface area contributed by atoms with Crippen molar-refractivity contribution < 1.29 is 14.4 Å². The van der Waals surface area contributed by atoms with Crippen molar-refractivity contribution in [3.8, 4) is 0 Å². The van der Waals surface area contributed by atoms with Crippen molar-refractivity contribution in [3.63, 3.8) is 0 Å². The van der Waals surface area contributed by atoms with Gasteiger partial charge in [0.25, 0.3) is 0 Å². The van der Waals surface area contributed by atoms with Crippen molar-refractivity contribution in [2.45, 2.75) is 83.7 Å². The first-order valence-electron chi connectivity index (χ1n) is 11.8. The average Bonchev–Trinajstić information content (AvgIpc) is 2.73. The van der Waals surface area contributed by atoms with E-state index >= 15 is 0 Å². The van der Waals surface area contributed by atoms with Gasteiger partial charge in [0.1, 0.15) is 12.1 Å². The molecular formula is C22H43N6O3P. The zero-order chi connectivity index (χ0) is 24.1. The molecule has 0 spiro atoms. The van der Waals surface area contributed by atoms with Crippen LogP contribution in [0.15, 0.2) is 4.99 Å². The molecule has 0 radical (unpaired) electrons. The molecule has 0 saturated heterocycles. The molecule has 0 aromatic rings. The molecule has 0 heterocycles. The predicted molar refractivity (Wildman–Crippen MR) is 131 cm³/mol. The van der Waals surface area contributed by atoms with Crippen LogP contribution in [0.3, 0.4) is 0 Å². The predicted octanol–water partition coefficient (Wildman–Crippen LogP) is 1.80. The number of rotatable bonds is 13. The van der Waals surface area contributed by atoms with Crippen LogP contribution in [0.4, 0.5) is 0 Å². The molecule has 0 bridgehead atoms. The van der Waals surface area contributed by atoms with E-state index in [1.54, 1.807) is 6.92 Å². The van der Waals surface area contributed by atoms with Gasteiger partial charge >= 0.3 is 0 Å². The molecule has 1 saturated carbocycles. The van der Waals surface area contributed by atoms with Gasteiger partial charge in [-0.25, -0.2) is 0 Å². The van der Waals surface area contributed by atoms with Gasteiger partial charge in [0.05, 0.1) is 0 Å². The summed E-state index contributed by atoms with van der Waals surface area (Å²) in [5, 5.41) is 8.65. The third-order valence-corrected chi connectivity index (χ3v) is 6.51. The second-order valence-corrected chi connectivity index (χ2v) is 11.0. The maximum absolute atomic E-state index is 12.8. The summed E-state index contributed by atoms with van der Waals surface area (Å²) in [6, 6.07) is -1.50. The molecular weight excluding hydrogens is 427 g/mol. The van der Waals surface area contributed by atoms with Gasteiger partial charge in [-0.05, 0) is 53.0 Å². The second-order valence-electron chi connectivity index (χ2n) is 8.99. The molecule has 3 unspecified atom stereocenters. The topological polar surface area (TPSA) is 152 Å². The van der Waals surface area contributed by atoms with Gasteiger partial charge in [-0.1, -0.05) is 46.0 Å². The first kappa shape index (κ1) is 28.1. The van der Waals surface area contributed by atoms with Crippen molar-refractivity contribution in [1.82, 2.24) is 15.7 Å². The third-order valence-electron chi connectivity index (χ3n) is 5.83. The van der Waals surface area contributed by atoms with Crippen LogP contribution < -0.4 is 27.2 Å². The molecule has 184 valence electrons. The Morgan fingerprint density at radius 1 is 1.03 bits per heavy atom. The molecule has 0 aliphatic heterocycles. The molecule has 32 heavy (non-hydrogen) atoms. The highest BCUT2D eigenvalue weighted by molar-refractivity contribution is 7.54. The molecule has 10 heteroatoms. The van der Waals surface area contributed by atoms with E-state index in [1.165, 1.54) is 32.1 Å². The highest BCUT2D eigenvalue weighted by atomic mass is 31.1. The molecule has 1 aliphatic carbocycles. The SMILES string of the molecule is CCC(NC(=O)C(CCCN=C(N)NP(C)C)NC(=O)C(C)CC1CCCCC1)C(N)=O. The number of carbonyl (C=O) groups is 3. The fourth-order valence-corrected chi connectivity index (χ4v) is 4.55. The lowest BCUT2D eigenvalue weighted by Crippen LogP contribution is -2.53. The Labute approximate surface area is 194 Å². The molecule has 7 N–H and O–H groups in total. The monoisotopic (exact) mass is 470 g/mol. The number of primary amides is 1.